The molecule has 1 N–H and O–H groups in total. The average molecular weight is 193 g/mol. The Bertz CT molecular complexity index is 159. The molecule has 0 aromatic carbocycles. The molecule has 0 bridgehead atoms. The third kappa shape index (κ3) is 1.21. The molecule has 1 rings (SSSR count). The van der Waals surface area contributed by atoms with Gasteiger partial charge in [-0.1, -0.05) is 15.9 Å². The van der Waals surface area contributed by atoms with Crippen molar-refractivity contribution in [2.75, 3.05) is 12.0 Å². The molecule has 5 heteroatoms. The second-order valence-corrected chi connectivity index (χ2v) is 2.17. The molecule has 1 aliphatic heterocycles. The van der Waals surface area contributed by atoms with Crippen LogP contribution in [0.3, 0.4) is 0 Å². The number of carbonyl (C=O) groups is 2. The maximum Gasteiger partial charge on any atom is 0.325 e. The highest BCUT2D eigenvalue weighted by Gasteiger charge is 2.24. The molecule has 0 aromatic rings. The summed E-state index contributed by atoms with van der Waals surface area (Å²) in [5, 5.41) is 2.14. The second kappa shape index (κ2) is 2.34. The average Bonchev–Trinajstić information content (AvgIpc) is 2.10. The van der Waals surface area contributed by atoms with Gasteiger partial charge in [-0.05, 0) is 0 Å². The van der Waals surface area contributed by atoms with Crippen molar-refractivity contribution >= 4 is 27.9 Å². The maximum atomic E-state index is 10.6. The number of hydrogen-bond acceptors (Lipinski definition) is 2. The Kier molecular flexibility index (Phi) is 1.70. The number of alkyl halides is 1. The number of carbonyl (C=O) groups excluding carboxylic acids is 2. The lowest BCUT2D eigenvalue weighted by Gasteiger charge is -2.05. The number of urea groups is 1. The van der Waals surface area contributed by atoms with Crippen molar-refractivity contribution in [1.29, 1.82) is 0 Å². The number of hydrogen-bond donors (Lipinski definition) is 1. The molecule has 0 unspecified atom stereocenters. The normalized spacial score (nSPS) is 18.6. The van der Waals surface area contributed by atoms with E-state index in [0.29, 0.717) is 5.45 Å². The fraction of sp³-hybridized carbons (Fsp3) is 0.500. The molecular formula is C4H5BrN2O2. The summed E-state index contributed by atoms with van der Waals surface area (Å²) >= 11 is 3.06. The predicted molar refractivity (Wildman–Crippen MR) is 34.0 cm³/mol. The fourth-order valence-electron chi connectivity index (χ4n) is 0.580. The Hall–Kier alpha value is -0.580. The van der Waals surface area contributed by atoms with E-state index in [1.807, 2.05) is 0 Å². The van der Waals surface area contributed by atoms with Crippen LogP contribution in [0.15, 0.2) is 0 Å². The SMILES string of the molecule is O=C1CN(CBr)C(=O)N1. The lowest BCUT2D eigenvalue weighted by atomic mass is 10.6. The van der Waals surface area contributed by atoms with E-state index < -0.39 is 0 Å². The van der Waals surface area contributed by atoms with Crippen LogP contribution >= 0.6 is 15.9 Å². The van der Waals surface area contributed by atoms with Gasteiger partial charge in [-0.3, -0.25) is 10.1 Å². The van der Waals surface area contributed by atoms with Crippen LogP contribution in [0.2, 0.25) is 0 Å². The minimum Gasteiger partial charge on any atom is -0.305 e. The van der Waals surface area contributed by atoms with Gasteiger partial charge in [0.1, 0.15) is 6.54 Å². The molecular weight excluding hydrogens is 188 g/mol. The van der Waals surface area contributed by atoms with Crippen LogP contribution in [-0.4, -0.2) is 28.8 Å². The number of nitrogens with zero attached hydrogens (tertiary/aromatic N) is 1. The van der Waals surface area contributed by atoms with Gasteiger partial charge in [0.15, 0.2) is 0 Å². The van der Waals surface area contributed by atoms with Crippen molar-refractivity contribution in [2.24, 2.45) is 0 Å². The van der Waals surface area contributed by atoms with Gasteiger partial charge in [0.05, 0.1) is 5.45 Å². The first-order valence-electron chi connectivity index (χ1n) is 2.39. The largest absolute Gasteiger partial charge is 0.325 e. The first-order chi connectivity index (χ1) is 4.24. The number of halogens is 1. The zero-order valence-corrected chi connectivity index (χ0v) is 6.14. The highest BCUT2D eigenvalue weighted by atomic mass is 79.9. The minimum atomic E-state index is -0.322. The predicted octanol–water partition coefficient (Wildman–Crippen LogP) is -0.109. The molecule has 0 atom stereocenters. The topological polar surface area (TPSA) is 49.4 Å². The van der Waals surface area contributed by atoms with Gasteiger partial charge in [0.2, 0.25) is 5.91 Å². The van der Waals surface area contributed by atoms with Crippen molar-refractivity contribution in [3.8, 4) is 0 Å². The van der Waals surface area contributed by atoms with Gasteiger partial charge in [-0.25, -0.2) is 4.79 Å². The molecule has 3 amide bonds. The van der Waals surface area contributed by atoms with Crippen LogP contribution in [0.5, 0.6) is 0 Å². The monoisotopic (exact) mass is 192 g/mol. The zero-order chi connectivity index (χ0) is 6.85. The second-order valence-electron chi connectivity index (χ2n) is 1.67. The van der Waals surface area contributed by atoms with Crippen molar-refractivity contribution in [2.45, 2.75) is 0 Å². The number of imide groups is 1. The summed E-state index contributed by atoms with van der Waals surface area (Å²) in [7, 11) is 0. The van der Waals surface area contributed by atoms with E-state index >= 15 is 0 Å². The van der Waals surface area contributed by atoms with Crippen molar-refractivity contribution in [1.82, 2.24) is 10.2 Å². The summed E-state index contributed by atoms with van der Waals surface area (Å²) in [5.74, 6) is -0.237. The Labute approximate surface area is 60.3 Å². The van der Waals surface area contributed by atoms with Gasteiger partial charge in [-0.2, -0.15) is 0 Å². The molecule has 1 fully saturated rings. The highest BCUT2D eigenvalue weighted by Crippen LogP contribution is 1.99. The minimum absolute atomic E-state index is 0.171. The lowest BCUT2D eigenvalue weighted by molar-refractivity contribution is -0.118. The summed E-state index contributed by atoms with van der Waals surface area (Å²) in [6.07, 6.45) is 0. The van der Waals surface area contributed by atoms with Gasteiger partial charge in [0.25, 0.3) is 0 Å². The molecule has 50 valence electrons. The van der Waals surface area contributed by atoms with Gasteiger partial charge in [-0.15, -0.1) is 0 Å². The highest BCUT2D eigenvalue weighted by molar-refractivity contribution is 9.09. The van der Waals surface area contributed by atoms with Crippen LogP contribution in [0, 0.1) is 0 Å². The van der Waals surface area contributed by atoms with Crippen LogP contribution in [-0.2, 0) is 4.79 Å². The summed E-state index contributed by atoms with van der Waals surface area (Å²) in [5.41, 5.74) is 0.407. The van der Waals surface area contributed by atoms with Gasteiger partial charge >= 0.3 is 6.03 Å². The van der Waals surface area contributed by atoms with E-state index in [1.54, 1.807) is 0 Å². The van der Waals surface area contributed by atoms with E-state index in [0.717, 1.165) is 0 Å². The Balaban J connectivity index is 2.58. The van der Waals surface area contributed by atoms with Crippen LogP contribution in [0.1, 0.15) is 0 Å². The summed E-state index contributed by atoms with van der Waals surface area (Å²) in [6, 6.07) is -0.322. The molecule has 4 nitrogen and oxygen atoms in total. The van der Waals surface area contributed by atoms with E-state index in [9.17, 15) is 9.59 Å². The number of nitrogens with one attached hydrogen (secondary N) is 1. The van der Waals surface area contributed by atoms with Crippen LogP contribution in [0.4, 0.5) is 4.79 Å². The van der Waals surface area contributed by atoms with Gasteiger partial charge < -0.3 is 4.90 Å². The summed E-state index contributed by atoms with van der Waals surface area (Å²) < 4.78 is 0. The third-order valence-corrected chi connectivity index (χ3v) is 1.62. The smallest absolute Gasteiger partial charge is 0.305 e. The molecule has 1 saturated heterocycles. The standard InChI is InChI=1S/C4H5BrN2O2/c5-2-7-1-3(8)6-4(7)9/h1-2H2,(H,6,8,9). The Morgan fingerprint density at radius 1 is 1.67 bits per heavy atom. The molecule has 1 aliphatic rings. The summed E-state index contributed by atoms with van der Waals surface area (Å²) in [6.45, 7) is 0.171. The molecule has 0 aromatic heterocycles. The molecule has 9 heavy (non-hydrogen) atoms. The van der Waals surface area contributed by atoms with E-state index in [-0.39, 0.29) is 18.5 Å². The first-order valence-corrected chi connectivity index (χ1v) is 3.51. The van der Waals surface area contributed by atoms with Gasteiger partial charge in [0, 0.05) is 0 Å². The van der Waals surface area contributed by atoms with Crippen molar-refractivity contribution in [3.05, 3.63) is 0 Å². The molecule has 1 heterocycles. The summed E-state index contributed by atoms with van der Waals surface area (Å²) in [4.78, 5) is 22.4. The number of rotatable bonds is 1. The molecule has 0 saturated carbocycles. The van der Waals surface area contributed by atoms with E-state index in [1.165, 1.54) is 4.90 Å². The molecule has 0 aliphatic carbocycles. The molecule has 0 radical (unpaired) electrons. The van der Waals surface area contributed by atoms with E-state index in [2.05, 4.69) is 21.2 Å². The van der Waals surface area contributed by atoms with E-state index in [4.69, 9.17) is 0 Å². The van der Waals surface area contributed by atoms with Crippen LogP contribution < -0.4 is 5.32 Å². The Morgan fingerprint density at radius 3 is 2.56 bits per heavy atom. The van der Waals surface area contributed by atoms with Crippen molar-refractivity contribution < 1.29 is 9.59 Å². The Morgan fingerprint density at radius 2 is 2.33 bits per heavy atom. The maximum absolute atomic E-state index is 10.6. The lowest BCUT2D eigenvalue weighted by Crippen LogP contribution is -2.26. The third-order valence-electron chi connectivity index (χ3n) is 1.01. The fourth-order valence-corrected chi connectivity index (χ4v) is 0.985. The zero-order valence-electron chi connectivity index (χ0n) is 4.56. The number of amides is 3. The molecule has 0 spiro atoms. The first kappa shape index (κ1) is 6.54. The van der Waals surface area contributed by atoms with Crippen molar-refractivity contribution in [3.63, 3.8) is 0 Å². The quantitative estimate of drug-likeness (QED) is 0.359. The van der Waals surface area contributed by atoms with Crippen LogP contribution in [0.25, 0.3) is 0 Å².